The van der Waals surface area contributed by atoms with Crippen LogP contribution >= 0.6 is 0 Å². The standard InChI is InChI=1S/C23H24FNO3/c1-28-22(27)23(14-16-7-9-18(24)10-8-16)20-12-11-19(13-21(23)26)25(20)15-17-5-3-2-4-6-17/h2-10,19-20H,11-15H2,1H3/t19-,20+,23-/m1/s1. The Morgan fingerprint density at radius 1 is 1.11 bits per heavy atom. The zero-order valence-electron chi connectivity index (χ0n) is 15.9. The number of carbonyl (C=O) groups is 2. The van der Waals surface area contributed by atoms with E-state index in [0.717, 1.165) is 24.0 Å². The van der Waals surface area contributed by atoms with Crippen LogP contribution in [0.4, 0.5) is 4.39 Å². The lowest BCUT2D eigenvalue weighted by Gasteiger charge is -2.45. The van der Waals surface area contributed by atoms with E-state index in [1.807, 2.05) is 18.2 Å². The molecule has 2 aliphatic heterocycles. The van der Waals surface area contributed by atoms with Crippen LogP contribution in [0.25, 0.3) is 0 Å². The SMILES string of the molecule is COC(=O)[C@@]1(Cc2ccc(F)cc2)C(=O)C[C@H]2CC[C@@H]1N2Cc1ccccc1. The minimum absolute atomic E-state index is 0.0551. The Morgan fingerprint density at radius 3 is 2.50 bits per heavy atom. The van der Waals surface area contributed by atoms with Gasteiger partial charge < -0.3 is 4.74 Å². The van der Waals surface area contributed by atoms with Crippen LogP contribution in [0.2, 0.25) is 0 Å². The lowest BCUT2D eigenvalue weighted by molar-refractivity contribution is -0.167. The average Bonchev–Trinajstić information content (AvgIpc) is 3.03. The maximum absolute atomic E-state index is 13.3. The Bertz CT molecular complexity index is 867. The molecule has 2 fully saturated rings. The second-order valence-corrected chi connectivity index (χ2v) is 7.80. The molecule has 2 aromatic carbocycles. The van der Waals surface area contributed by atoms with Crippen LogP contribution in [0.5, 0.6) is 0 Å². The molecule has 0 N–H and O–H groups in total. The molecule has 0 unspecified atom stereocenters. The monoisotopic (exact) mass is 381 g/mol. The molecule has 5 heteroatoms. The number of benzene rings is 2. The Labute approximate surface area is 164 Å². The molecule has 0 aliphatic carbocycles. The molecule has 2 saturated heterocycles. The van der Waals surface area contributed by atoms with Gasteiger partial charge in [0.2, 0.25) is 0 Å². The quantitative estimate of drug-likeness (QED) is 0.587. The summed E-state index contributed by atoms with van der Waals surface area (Å²) in [7, 11) is 1.34. The van der Waals surface area contributed by atoms with Gasteiger partial charge in [0.05, 0.1) is 7.11 Å². The number of halogens is 1. The van der Waals surface area contributed by atoms with Crippen LogP contribution in [0.15, 0.2) is 54.6 Å². The number of ketones is 1. The Hall–Kier alpha value is -2.53. The number of nitrogens with zero attached hydrogens (tertiary/aromatic N) is 1. The summed E-state index contributed by atoms with van der Waals surface area (Å²) in [4.78, 5) is 28.6. The van der Waals surface area contributed by atoms with Crippen molar-refractivity contribution in [1.29, 1.82) is 0 Å². The van der Waals surface area contributed by atoms with Crippen LogP contribution in [-0.2, 0) is 27.3 Å². The van der Waals surface area contributed by atoms with Crippen molar-refractivity contribution in [1.82, 2.24) is 4.90 Å². The molecule has 3 atom stereocenters. The largest absolute Gasteiger partial charge is 0.468 e. The normalized spacial score (nSPS) is 27.0. The topological polar surface area (TPSA) is 46.6 Å². The van der Waals surface area contributed by atoms with Crippen molar-refractivity contribution < 1.29 is 18.7 Å². The smallest absolute Gasteiger partial charge is 0.321 e. The van der Waals surface area contributed by atoms with Gasteiger partial charge in [-0.1, -0.05) is 42.5 Å². The van der Waals surface area contributed by atoms with Crippen molar-refractivity contribution in [3.63, 3.8) is 0 Å². The van der Waals surface area contributed by atoms with Crippen LogP contribution < -0.4 is 0 Å². The summed E-state index contributed by atoms with van der Waals surface area (Å²) in [5.74, 6) is -0.872. The van der Waals surface area contributed by atoms with E-state index in [4.69, 9.17) is 4.74 Å². The maximum Gasteiger partial charge on any atom is 0.321 e. The number of carbonyl (C=O) groups excluding carboxylic acids is 2. The number of hydrogen-bond acceptors (Lipinski definition) is 4. The fourth-order valence-corrected chi connectivity index (χ4v) is 4.95. The number of methoxy groups -OCH3 is 1. The predicted octanol–water partition coefficient (Wildman–Crippen LogP) is 3.53. The first-order valence-electron chi connectivity index (χ1n) is 9.70. The fourth-order valence-electron chi connectivity index (χ4n) is 4.95. The Morgan fingerprint density at radius 2 is 1.82 bits per heavy atom. The number of Topliss-reactive ketones (excluding diaryl/α,β-unsaturated/α-hetero) is 1. The molecule has 0 amide bonds. The molecule has 2 bridgehead atoms. The third-order valence-electron chi connectivity index (χ3n) is 6.28. The van der Waals surface area contributed by atoms with Gasteiger partial charge in [0, 0.05) is 25.0 Å². The van der Waals surface area contributed by atoms with E-state index in [1.165, 1.54) is 19.2 Å². The van der Waals surface area contributed by atoms with Crippen molar-refractivity contribution in [2.45, 2.75) is 44.3 Å². The van der Waals surface area contributed by atoms with Crippen LogP contribution in [-0.4, -0.2) is 35.8 Å². The van der Waals surface area contributed by atoms with Crippen molar-refractivity contribution in [3.8, 4) is 0 Å². The zero-order valence-corrected chi connectivity index (χ0v) is 15.9. The number of ether oxygens (including phenoxy) is 1. The molecule has 4 rings (SSSR count). The van der Waals surface area contributed by atoms with Gasteiger partial charge in [0.15, 0.2) is 5.78 Å². The van der Waals surface area contributed by atoms with Gasteiger partial charge in [-0.25, -0.2) is 4.39 Å². The highest BCUT2D eigenvalue weighted by Crippen LogP contribution is 2.48. The van der Waals surface area contributed by atoms with E-state index >= 15 is 0 Å². The molecule has 0 radical (unpaired) electrons. The van der Waals surface area contributed by atoms with Crippen LogP contribution in [0.3, 0.4) is 0 Å². The van der Waals surface area contributed by atoms with E-state index < -0.39 is 11.4 Å². The predicted molar refractivity (Wildman–Crippen MR) is 103 cm³/mol. The Balaban J connectivity index is 1.71. The van der Waals surface area contributed by atoms with Crippen LogP contribution in [0.1, 0.15) is 30.4 Å². The molecule has 2 aliphatic rings. The molecular weight excluding hydrogens is 357 g/mol. The fraction of sp³-hybridized carbons (Fsp3) is 0.391. The summed E-state index contributed by atoms with van der Waals surface area (Å²) < 4.78 is 18.5. The minimum Gasteiger partial charge on any atom is -0.468 e. The molecule has 2 heterocycles. The van der Waals surface area contributed by atoms with Crippen molar-refractivity contribution in [3.05, 3.63) is 71.5 Å². The lowest BCUT2D eigenvalue weighted by atomic mass is 9.68. The van der Waals surface area contributed by atoms with Crippen molar-refractivity contribution >= 4 is 11.8 Å². The summed E-state index contributed by atoms with van der Waals surface area (Å²) >= 11 is 0. The molecule has 4 nitrogen and oxygen atoms in total. The van der Waals surface area contributed by atoms with E-state index in [-0.39, 0.29) is 30.1 Å². The second kappa shape index (κ2) is 7.47. The highest BCUT2D eigenvalue weighted by Gasteiger charge is 2.61. The van der Waals surface area contributed by atoms with Crippen LogP contribution in [0, 0.1) is 11.2 Å². The first-order chi connectivity index (χ1) is 13.5. The molecule has 0 aromatic heterocycles. The number of rotatable bonds is 5. The van der Waals surface area contributed by atoms with Gasteiger partial charge in [0.25, 0.3) is 0 Å². The summed E-state index contributed by atoms with van der Waals surface area (Å²) in [6.45, 7) is 0.700. The third-order valence-corrected chi connectivity index (χ3v) is 6.28. The first-order valence-corrected chi connectivity index (χ1v) is 9.70. The van der Waals surface area contributed by atoms with Gasteiger partial charge in [-0.15, -0.1) is 0 Å². The summed E-state index contributed by atoms with van der Waals surface area (Å²) in [6.07, 6.45) is 2.26. The molecular formula is C23H24FNO3. The van der Waals surface area contributed by atoms with E-state index in [9.17, 15) is 14.0 Å². The van der Waals surface area contributed by atoms with E-state index in [2.05, 4.69) is 17.0 Å². The average molecular weight is 381 g/mol. The maximum atomic E-state index is 13.3. The number of esters is 1. The minimum atomic E-state index is -1.24. The molecule has 2 aromatic rings. The first kappa shape index (κ1) is 18.8. The van der Waals surface area contributed by atoms with Gasteiger partial charge in [0.1, 0.15) is 11.2 Å². The van der Waals surface area contributed by atoms with Gasteiger partial charge >= 0.3 is 5.97 Å². The van der Waals surface area contributed by atoms with E-state index in [1.54, 1.807) is 12.1 Å². The zero-order chi connectivity index (χ0) is 19.7. The van der Waals surface area contributed by atoms with Gasteiger partial charge in [-0.3, -0.25) is 14.5 Å². The summed E-state index contributed by atoms with van der Waals surface area (Å²) in [6, 6.07) is 16.1. The number of hydrogen-bond donors (Lipinski definition) is 0. The highest BCUT2D eigenvalue weighted by molar-refractivity contribution is 6.06. The third kappa shape index (κ3) is 3.14. The summed E-state index contributed by atoms with van der Waals surface area (Å²) in [5, 5.41) is 0. The second-order valence-electron chi connectivity index (χ2n) is 7.80. The molecule has 0 saturated carbocycles. The number of fused-ring (bicyclic) bond motifs is 2. The Kier molecular flexibility index (Phi) is 5.02. The van der Waals surface area contributed by atoms with Gasteiger partial charge in [-0.2, -0.15) is 0 Å². The van der Waals surface area contributed by atoms with Crippen molar-refractivity contribution in [2.75, 3.05) is 7.11 Å². The van der Waals surface area contributed by atoms with Gasteiger partial charge in [-0.05, 0) is 42.5 Å². The lowest BCUT2D eigenvalue weighted by Crippen LogP contribution is -2.61. The summed E-state index contributed by atoms with van der Waals surface area (Å²) in [5.41, 5.74) is 0.688. The number of piperidine rings is 1. The molecule has 0 spiro atoms. The van der Waals surface area contributed by atoms with Crippen molar-refractivity contribution in [2.24, 2.45) is 5.41 Å². The highest BCUT2D eigenvalue weighted by atomic mass is 19.1. The van der Waals surface area contributed by atoms with E-state index in [0.29, 0.717) is 13.0 Å². The molecule has 28 heavy (non-hydrogen) atoms. The molecule has 146 valence electrons.